The third-order valence-corrected chi connectivity index (χ3v) is 4.35. The van der Waals surface area contributed by atoms with Gasteiger partial charge in [-0.2, -0.15) is 0 Å². The molecule has 0 bridgehead atoms. The fraction of sp³-hybridized carbons (Fsp3) is 0.375. The van der Waals surface area contributed by atoms with Crippen LogP contribution in [0.3, 0.4) is 0 Å². The smallest absolute Gasteiger partial charge is 0.133 e. The van der Waals surface area contributed by atoms with Crippen LogP contribution in [0.4, 0.5) is 0 Å². The van der Waals surface area contributed by atoms with E-state index in [0.29, 0.717) is 16.5 Å². The van der Waals surface area contributed by atoms with Gasteiger partial charge < -0.3 is 5.32 Å². The van der Waals surface area contributed by atoms with Gasteiger partial charge in [-0.3, -0.25) is 0 Å². The first kappa shape index (κ1) is 14.8. The Bertz CT molecular complexity index is 654. The van der Waals surface area contributed by atoms with Gasteiger partial charge in [-0.25, -0.2) is 9.97 Å². The zero-order valence-electron chi connectivity index (χ0n) is 11.9. The summed E-state index contributed by atoms with van der Waals surface area (Å²) < 4.78 is 0. The van der Waals surface area contributed by atoms with Crippen molar-refractivity contribution in [1.29, 1.82) is 0 Å². The predicted octanol–water partition coefficient (Wildman–Crippen LogP) is 3.58. The molecular weight excluding hydrogens is 305 g/mol. The maximum atomic E-state index is 6.24. The molecule has 3 rings (SSSR count). The lowest BCUT2D eigenvalue weighted by molar-refractivity contribution is 0.610. The molecule has 0 saturated carbocycles. The summed E-state index contributed by atoms with van der Waals surface area (Å²) in [6, 6.07) is 5.56. The number of nitrogens with zero attached hydrogens (tertiary/aromatic N) is 2. The highest BCUT2D eigenvalue weighted by atomic mass is 35.5. The van der Waals surface area contributed by atoms with Crippen LogP contribution >= 0.6 is 23.2 Å². The van der Waals surface area contributed by atoms with E-state index in [4.69, 9.17) is 33.2 Å². The number of aromatic nitrogens is 2. The fourth-order valence-corrected chi connectivity index (χ4v) is 3.18. The first-order valence-electron chi connectivity index (χ1n) is 7.19. The molecule has 1 N–H and O–H groups in total. The Labute approximate surface area is 134 Å². The molecule has 2 heterocycles. The average Bonchev–Trinajstić information content (AvgIpc) is 2.49. The van der Waals surface area contributed by atoms with E-state index in [1.165, 1.54) is 11.3 Å². The molecule has 3 nitrogen and oxygen atoms in total. The Morgan fingerprint density at radius 2 is 2.10 bits per heavy atom. The van der Waals surface area contributed by atoms with E-state index < -0.39 is 0 Å². The standard InChI is InChI=1S/C16H17Cl2N3/c1-2-14-12-5-6-19-9-15(12)21-16(20-14)7-10-3-4-11(17)8-13(10)18/h3-4,8,19H,2,5-7,9H2,1H3. The molecule has 0 fully saturated rings. The Kier molecular flexibility index (Phi) is 4.43. The van der Waals surface area contributed by atoms with Crippen LogP contribution in [0.5, 0.6) is 0 Å². The van der Waals surface area contributed by atoms with Gasteiger partial charge in [0.05, 0.1) is 5.69 Å². The molecule has 2 aromatic rings. The number of benzene rings is 1. The number of rotatable bonds is 3. The molecular formula is C16H17Cl2N3. The summed E-state index contributed by atoms with van der Waals surface area (Å²) in [5, 5.41) is 4.68. The number of fused-ring (bicyclic) bond motifs is 1. The molecule has 1 aliphatic rings. The lowest BCUT2D eigenvalue weighted by Gasteiger charge is -2.19. The highest BCUT2D eigenvalue weighted by molar-refractivity contribution is 6.35. The van der Waals surface area contributed by atoms with Crippen molar-refractivity contribution in [2.45, 2.75) is 32.7 Å². The topological polar surface area (TPSA) is 37.8 Å². The van der Waals surface area contributed by atoms with Crippen LogP contribution < -0.4 is 5.32 Å². The minimum absolute atomic E-state index is 0.635. The molecule has 1 aliphatic heterocycles. The number of aryl methyl sites for hydroxylation is 1. The molecule has 0 atom stereocenters. The van der Waals surface area contributed by atoms with Crippen molar-refractivity contribution in [1.82, 2.24) is 15.3 Å². The molecule has 0 spiro atoms. The molecule has 110 valence electrons. The zero-order valence-corrected chi connectivity index (χ0v) is 13.4. The fourth-order valence-electron chi connectivity index (χ4n) is 2.70. The van der Waals surface area contributed by atoms with Crippen molar-refractivity contribution >= 4 is 23.2 Å². The second-order valence-corrected chi connectivity index (χ2v) is 6.05. The number of nitrogens with one attached hydrogen (secondary N) is 1. The predicted molar refractivity (Wildman–Crippen MR) is 86.1 cm³/mol. The van der Waals surface area contributed by atoms with Gasteiger partial charge in [-0.05, 0) is 42.6 Å². The number of halogens is 2. The lowest BCUT2D eigenvalue weighted by Crippen LogP contribution is -2.27. The van der Waals surface area contributed by atoms with E-state index in [1.54, 1.807) is 6.07 Å². The molecule has 0 amide bonds. The Morgan fingerprint density at radius 3 is 2.86 bits per heavy atom. The van der Waals surface area contributed by atoms with Crippen LogP contribution in [-0.2, 0) is 25.8 Å². The minimum atomic E-state index is 0.635. The van der Waals surface area contributed by atoms with Gasteiger partial charge in [-0.1, -0.05) is 36.2 Å². The van der Waals surface area contributed by atoms with Crippen molar-refractivity contribution in [2.24, 2.45) is 0 Å². The SMILES string of the molecule is CCc1nc(Cc2ccc(Cl)cc2Cl)nc2c1CCNC2. The average molecular weight is 322 g/mol. The van der Waals surface area contributed by atoms with Crippen molar-refractivity contribution in [2.75, 3.05) is 6.54 Å². The highest BCUT2D eigenvalue weighted by Gasteiger charge is 2.17. The van der Waals surface area contributed by atoms with Crippen LogP contribution in [0.2, 0.25) is 10.0 Å². The summed E-state index contributed by atoms with van der Waals surface area (Å²) in [6.07, 6.45) is 2.59. The third kappa shape index (κ3) is 3.20. The van der Waals surface area contributed by atoms with E-state index in [-0.39, 0.29) is 0 Å². The molecule has 1 aromatic carbocycles. The van der Waals surface area contributed by atoms with Crippen LogP contribution in [0, 0.1) is 0 Å². The lowest BCUT2D eigenvalue weighted by atomic mass is 10.0. The highest BCUT2D eigenvalue weighted by Crippen LogP contribution is 2.24. The van der Waals surface area contributed by atoms with Crippen LogP contribution in [0.25, 0.3) is 0 Å². The summed E-state index contributed by atoms with van der Waals surface area (Å²) in [5.41, 5.74) is 4.63. The van der Waals surface area contributed by atoms with E-state index in [1.807, 2.05) is 12.1 Å². The van der Waals surface area contributed by atoms with Gasteiger partial charge >= 0.3 is 0 Å². The van der Waals surface area contributed by atoms with Crippen molar-refractivity contribution in [3.63, 3.8) is 0 Å². The molecule has 21 heavy (non-hydrogen) atoms. The summed E-state index contributed by atoms with van der Waals surface area (Å²) in [4.78, 5) is 9.45. The number of hydrogen-bond donors (Lipinski definition) is 1. The van der Waals surface area contributed by atoms with Gasteiger partial charge in [0.1, 0.15) is 5.82 Å². The van der Waals surface area contributed by atoms with Gasteiger partial charge in [0.15, 0.2) is 0 Å². The van der Waals surface area contributed by atoms with E-state index >= 15 is 0 Å². The first-order chi connectivity index (χ1) is 10.2. The maximum absolute atomic E-state index is 6.24. The van der Waals surface area contributed by atoms with Crippen molar-refractivity contribution < 1.29 is 0 Å². The Balaban J connectivity index is 1.95. The molecule has 0 radical (unpaired) electrons. The molecule has 1 aromatic heterocycles. The largest absolute Gasteiger partial charge is 0.311 e. The third-order valence-electron chi connectivity index (χ3n) is 3.77. The van der Waals surface area contributed by atoms with Crippen LogP contribution in [0.15, 0.2) is 18.2 Å². The van der Waals surface area contributed by atoms with Gasteiger partial charge in [0.2, 0.25) is 0 Å². The second kappa shape index (κ2) is 6.30. The quantitative estimate of drug-likeness (QED) is 0.938. The van der Waals surface area contributed by atoms with Crippen LogP contribution in [-0.4, -0.2) is 16.5 Å². The first-order valence-corrected chi connectivity index (χ1v) is 7.95. The van der Waals surface area contributed by atoms with Crippen molar-refractivity contribution in [3.8, 4) is 0 Å². The summed E-state index contributed by atoms with van der Waals surface area (Å²) in [6.45, 7) is 3.97. The maximum Gasteiger partial charge on any atom is 0.133 e. The molecule has 0 unspecified atom stereocenters. The summed E-state index contributed by atoms with van der Waals surface area (Å²) in [7, 11) is 0. The number of hydrogen-bond acceptors (Lipinski definition) is 3. The van der Waals surface area contributed by atoms with Crippen LogP contribution in [0.1, 0.15) is 35.3 Å². The molecule has 5 heteroatoms. The van der Waals surface area contributed by atoms with E-state index in [9.17, 15) is 0 Å². The molecule has 0 aliphatic carbocycles. The normalized spacial score (nSPS) is 14.0. The van der Waals surface area contributed by atoms with Crippen molar-refractivity contribution in [3.05, 3.63) is 56.6 Å². The van der Waals surface area contributed by atoms with Gasteiger partial charge in [-0.15, -0.1) is 0 Å². The summed E-state index contributed by atoms with van der Waals surface area (Å²) in [5.74, 6) is 0.832. The van der Waals surface area contributed by atoms with E-state index in [2.05, 4.69) is 12.2 Å². The minimum Gasteiger partial charge on any atom is -0.311 e. The Morgan fingerprint density at radius 1 is 1.24 bits per heavy atom. The molecule has 0 saturated heterocycles. The van der Waals surface area contributed by atoms with E-state index in [0.717, 1.165) is 43.0 Å². The second-order valence-electron chi connectivity index (χ2n) is 5.20. The van der Waals surface area contributed by atoms with Gasteiger partial charge in [0, 0.05) is 28.7 Å². The van der Waals surface area contributed by atoms with Gasteiger partial charge in [0.25, 0.3) is 0 Å². The zero-order chi connectivity index (χ0) is 14.8. The Hall–Kier alpha value is -1.16. The monoisotopic (exact) mass is 321 g/mol. The summed E-state index contributed by atoms with van der Waals surface area (Å²) >= 11 is 12.2.